The SMILES string of the molecule is O=C1c2ccccc2-c2ccccc2C1Cc1c(O)c2ccccc2c2ccccc12. The molecule has 0 fully saturated rings. The van der Waals surface area contributed by atoms with Crippen molar-refractivity contribution in [2.24, 2.45) is 0 Å². The van der Waals surface area contributed by atoms with Crippen molar-refractivity contribution in [3.8, 4) is 16.9 Å². The zero-order chi connectivity index (χ0) is 20.9. The van der Waals surface area contributed by atoms with Gasteiger partial charge >= 0.3 is 0 Å². The third kappa shape index (κ3) is 2.62. The van der Waals surface area contributed by atoms with Gasteiger partial charge in [0.25, 0.3) is 0 Å². The molecular weight excluding hydrogens is 380 g/mol. The van der Waals surface area contributed by atoms with Gasteiger partial charge in [0.2, 0.25) is 0 Å². The molecule has 1 unspecified atom stereocenters. The summed E-state index contributed by atoms with van der Waals surface area (Å²) in [5.41, 5.74) is 4.72. The maximum Gasteiger partial charge on any atom is 0.171 e. The van der Waals surface area contributed by atoms with Crippen LogP contribution < -0.4 is 0 Å². The molecule has 0 spiro atoms. The molecular formula is C29H20O2. The van der Waals surface area contributed by atoms with Gasteiger partial charge in [-0.15, -0.1) is 0 Å². The Labute approximate surface area is 180 Å². The van der Waals surface area contributed by atoms with Gasteiger partial charge in [0, 0.05) is 16.5 Å². The highest BCUT2D eigenvalue weighted by Gasteiger charge is 2.33. The molecule has 0 saturated carbocycles. The van der Waals surface area contributed by atoms with Crippen LogP contribution in [0.5, 0.6) is 5.75 Å². The number of phenols is 1. The first-order valence-corrected chi connectivity index (χ1v) is 10.6. The van der Waals surface area contributed by atoms with Gasteiger partial charge < -0.3 is 5.11 Å². The number of benzene rings is 5. The lowest BCUT2D eigenvalue weighted by Crippen LogP contribution is -2.21. The van der Waals surface area contributed by atoms with Gasteiger partial charge in [-0.25, -0.2) is 0 Å². The van der Waals surface area contributed by atoms with Gasteiger partial charge in [-0.3, -0.25) is 4.79 Å². The lowest BCUT2D eigenvalue weighted by molar-refractivity contribution is 0.0957. The fourth-order valence-corrected chi connectivity index (χ4v) is 5.12. The van der Waals surface area contributed by atoms with Crippen molar-refractivity contribution < 1.29 is 9.90 Å². The average molecular weight is 400 g/mol. The topological polar surface area (TPSA) is 37.3 Å². The van der Waals surface area contributed by atoms with E-state index >= 15 is 0 Å². The summed E-state index contributed by atoms with van der Waals surface area (Å²) in [5, 5.41) is 15.3. The summed E-state index contributed by atoms with van der Waals surface area (Å²) < 4.78 is 0. The molecule has 5 aromatic rings. The minimum absolute atomic E-state index is 0.117. The molecule has 0 bridgehead atoms. The first-order chi connectivity index (χ1) is 15.2. The van der Waals surface area contributed by atoms with Crippen LogP contribution in [-0.4, -0.2) is 10.9 Å². The van der Waals surface area contributed by atoms with E-state index in [0.29, 0.717) is 6.42 Å². The predicted molar refractivity (Wildman–Crippen MR) is 126 cm³/mol. The number of Topliss-reactive ketones (excluding diaryl/α,β-unsaturated/α-hetero) is 1. The zero-order valence-corrected chi connectivity index (χ0v) is 16.9. The number of hydrogen-bond acceptors (Lipinski definition) is 2. The lowest BCUT2D eigenvalue weighted by atomic mass is 9.74. The van der Waals surface area contributed by atoms with Crippen LogP contribution in [0.15, 0.2) is 97.1 Å². The lowest BCUT2D eigenvalue weighted by Gasteiger charge is -2.27. The molecule has 0 amide bonds. The number of hydrogen-bond donors (Lipinski definition) is 1. The summed E-state index contributed by atoms with van der Waals surface area (Å²) in [7, 11) is 0. The van der Waals surface area contributed by atoms with E-state index in [4.69, 9.17) is 0 Å². The molecule has 2 nitrogen and oxygen atoms in total. The van der Waals surface area contributed by atoms with Crippen LogP contribution in [-0.2, 0) is 6.42 Å². The van der Waals surface area contributed by atoms with Crippen LogP contribution in [0.3, 0.4) is 0 Å². The number of aromatic hydroxyl groups is 1. The van der Waals surface area contributed by atoms with Crippen LogP contribution >= 0.6 is 0 Å². The van der Waals surface area contributed by atoms with Crippen molar-refractivity contribution >= 4 is 27.3 Å². The summed E-state index contributed by atoms with van der Waals surface area (Å²) >= 11 is 0. The average Bonchev–Trinajstić information content (AvgIpc) is 2.84. The minimum Gasteiger partial charge on any atom is -0.507 e. The summed E-state index contributed by atoms with van der Waals surface area (Å²) in [6, 6.07) is 32.1. The van der Waals surface area contributed by atoms with Gasteiger partial charge in [0.05, 0.1) is 5.92 Å². The Kier molecular flexibility index (Phi) is 3.94. The zero-order valence-electron chi connectivity index (χ0n) is 16.9. The highest BCUT2D eigenvalue weighted by Crippen LogP contribution is 2.44. The Hall–Kier alpha value is -3.91. The maximum atomic E-state index is 13.6. The van der Waals surface area contributed by atoms with E-state index in [9.17, 15) is 9.90 Å². The van der Waals surface area contributed by atoms with Crippen LogP contribution in [0.1, 0.15) is 27.4 Å². The van der Waals surface area contributed by atoms with Crippen LogP contribution in [0.25, 0.3) is 32.7 Å². The number of carbonyl (C=O) groups excluding carboxylic acids is 1. The molecule has 1 N–H and O–H groups in total. The Morgan fingerprint density at radius 1 is 0.581 bits per heavy atom. The second-order valence-electron chi connectivity index (χ2n) is 8.17. The Bertz CT molecular complexity index is 1500. The van der Waals surface area contributed by atoms with Crippen molar-refractivity contribution in [3.63, 3.8) is 0 Å². The fourth-order valence-electron chi connectivity index (χ4n) is 5.12. The number of phenolic OH excluding ortho intramolecular Hbond substituents is 1. The highest BCUT2D eigenvalue weighted by molar-refractivity contribution is 6.13. The van der Waals surface area contributed by atoms with Crippen LogP contribution in [0.2, 0.25) is 0 Å². The van der Waals surface area contributed by atoms with Gasteiger partial charge in [0.1, 0.15) is 5.75 Å². The maximum absolute atomic E-state index is 13.6. The summed E-state index contributed by atoms with van der Waals surface area (Å²) in [5.74, 6) is 0.0611. The minimum atomic E-state index is -0.332. The van der Waals surface area contributed by atoms with Crippen molar-refractivity contribution in [1.82, 2.24) is 0 Å². The van der Waals surface area contributed by atoms with E-state index in [1.165, 1.54) is 0 Å². The third-order valence-corrected chi connectivity index (χ3v) is 6.55. The Morgan fingerprint density at radius 2 is 1.10 bits per heavy atom. The van der Waals surface area contributed by atoms with Gasteiger partial charge in [0.15, 0.2) is 5.78 Å². The number of rotatable bonds is 2. The van der Waals surface area contributed by atoms with Gasteiger partial charge in [-0.05, 0) is 39.3 Å². The second-order valence-corrected chi connectivity index (χ2v) is 8.17. The highest BCUT2D eigenvalue weighted by atomic mass is 16.3. The van der Waals surface area contributed by atoms with E-state index in [0.717, 1.165) is 49.4 Å². The standard InChI is InChI=1S/C29H20O2/c30-28-24-15-7-5-11-20(24)18-9-1-3-13-22(18)26(28)17-27-23-14-4-2-10-19(23)21-12-6-8-16-25(21)29(27)31/h1-16,26,31H,17H2. The Morgan fingerprint density at radius 3 is 1.84 bits per heavy atom. The normalized spacial score (nSPS) is 15.1. The predicted octanol–water partition coefficient (Wildman–Crippen LogP) is 6.89. The molecule has 0 aliphatic heterocycles. The molecule has 1 atom stereocenters. The summed E-state index contributed by atoms with van der Waals surface area (Å²) in [6.45, 7) is 0. The first kappa shape index (κ1) is 17.9. The first-order valence-electron chi connectivity index (χ1n) is 10.6. The van der Waals surface area contributed by atoms with E-state index in [1.807, 2.05) is 84.9 Å². The summed E-state index contributed by atoms with van der Waals surface area (Å²) in [4.78, 5) is 13.6. The molecule has 2 heteroatoms. The van der Waals surface area contributed by atoms with Gasteiger partial charge in [-0.1, -0.05) is 97.1 Å². The molecule has 6 rings (SSSR count). The van der Waals surface area contributed by atoms with E-state index in [-0.39, 0.29) is 17.5 Å². The van der Waals surface area contributed by atoms with Crippen LogP contribution in [0.4, 0.5) is 0 Å². The molecule has 0 saturated heterocycles. The summed E-state index contributed by atoms with van der Waals surface area (Å²) in [6.07, 6.45) is 0.460. The molecule has 31 heavy (non-hydrogen) atoms. The van der Waals surface area contributed by atoms with E-state index in [1.54, 1.807) is 0 Å². The fraction of sp³-hybridized carbons (Fsp3) is 0.0690. The van der Waals surface area contributed by atoms with Gasteiger partial charge in [-0.2, -0.15) is 0 Å². The van der Waals surface area contributed by atoms with E-state index < -0.39 is 0 Å². The molecule has 5 aromatic carbocycles. The molecule has 0 radical (unpaired) electrons. The largest absolute Gasteiger partial charge is 0.507 e. The van der Waals surface area contributed by atoms with Crippen molar-refractivity contribution in [2.75, 3.05) is 0 Å². The van der Waals surface area contributed by atoms with Crippen molar-refractivity contribution in [2.45, 2.75) is 12.3 Å². The van der Waals surface area contributed by atoms with Crippen molar-refractivity contribution in [3.05, 3.63) is 114 Å². The second kappa shape index (κ2) is 6.82. The van der Waals surface area contributed by atoms with Crippen LogP contribution in [0, 0.1) is 0 Å². The number of carbonyl (C=O) groups is 1. The Balaban J connectivity index is 1.59. The smallest absolute Gasteiger partial charge is 0.171 e. The molecule has 0 aromatic heterocycles. The quantitative estimate of drug-likeness (QED) is 0.328. The third-order valence-electron chi connectivity index (χ3n) is 6.55. The number of ketones is 1. The molecule has 1 aliphatic carbocycles. The number of fused-ring (bicyclic) bond motifs is 6. The van der Waals surface area contributed by atoms with Crippen molar-refractivity contribution in [1.29, 1.82) is 0 Å². The molecule has 0 heterocycles. The molecule has 1 aliphatic rings. The van der Waals surface area contributed by atoms with E-state index in [2.05, 4.69) is 12.1 Å². The monoisotopic (exact) mass is 400 g/mol. The molecule has 148 valence electrons.